The lowest BCUT2D eigenvalue weighted by atomic mass is 9.84. The fourth-order valence-electron chi connectivity index (χ4n) is 3.35. The van der Waals surface area contributed by atoms with E-state index in [1.807, 2.05) is 6.92 Å². The van der Waals surface area contributed by atoms with Gasteiger partial charge in [-0.2, -0.15) is 0 Å². The third-order valence-corrected chi connectivity index (χ3v) is 4.58. The van der Waals surface area contributed by atoms with E-state index >= 15 is 0 Å². The van der Waals surface area contributed by atoms with Crippen molar-refractivity contribution in [1.29, 1.82) is 0 Å². The molecule has 0 heterocycles. The molecule has 2 saturated carbocycles. The van der Waals surface area contributed by atoms with Gasteiger partial charge < -0.3 is 5.32 Å². The summed E-state index contributed by atoms with van der Waals surface area (Å²) in [4.78, 5) is 11.5. The Morgan fingerprint density at radius 3 is 2.53 bits per heavy atom. The molecule has 2 rings (SSSR count). The van der Waals surface area contributed by atoms with Crippen LogP contribution >= 0.6 is 15.9 Å². The van der Waals surface area contributed by atoms with Crippen LogP contribution in [0, 0.1) is 17.8 Å². The number of carbonyl (C=O) groups is 1. The zero-order valence-electron chi connectivity index (χ0n) is 9.50. The molecule has 2 nitrogen and oxygen atoms in total. The zero-order valence-corrected chi connectivity index (χ0v) is 11.1. The molecule has 0 spiro atoms. The second kappa shape index (κ2) is 4.44. The molecule has 2 fully saturated rings. The van der Waals surface area contributed by atoms with Gasteiger partial charge in [0.25, 0.3) is 0 Å². The first-order valence-electron chi connectivity index (χ1n) is 6.02. The number of fused-ring (bicyclic) bond motifs is 2. The summed E-state index contributed by atoms with van der Waals surface area (Å²) in [7, 11) is 0. The van der Waals surface area contributed by atoms with E-state index in [4.69, 9.17) is 0 Å². The van der Waals surface area contributed by atoms with Crippen molar-refractivity contribution in [2.75, 3.05) is 0 Å². The minimum atomic E-state index is -0.0708. The third kappa shape index (κ3) is 2.38. The Balaban J connectivity index is 1.86. The van der Waals surface area contributed by atoms with Crippen molar-refractivity contribution in [3.8, 4) is 0 Å². The number of alkyl halides is 1. The summed E-state index contributed by atoms with van der Waals surface area (Å²) >= 11 is 3.31. The Morgan fingerprint density at radius 2 is 2.07 bits per heavy atom. The lowest BCUT2D eigenvalue weighted by molar-refractivity contribution is -0.121. The fourth-order valence-corrected chi connectivity index (χ4v) is 3.48. The molecule has 0 radical (unpaired) electrons. The minimum absolute atomic E-state index is 0.0708. The van der Waals surface area contributed by atoms with E-state index in [9.17, 15) is 4.79 Å². The first-order chi connectivity index (χ1) is 7.08. The molecular weight excluding hydrogens is 254 g/mol. The van der Waals surface area contributed by atoms with E-state index in [1.165, 1.54) is 25.7 Å². The van der Waals surface area contributed by atoms with Gasteiger partial charge in [-0.15, -0.1) is 0 Å². The first kappa shape index (κ1) is 11.4. The summed E-state index contributed by atoms with van der Waals surface area (Å²) in [6.07, 6.45) is 5.56. The molecule has 5 unspecified atom stereocenters. The highest BCUT2D eigenvalue weighted by Gasteiger charge is 2.42. The van der Waals surface area contributed by atoms with Crippen LogP contribution in [0.4, 0.5) is 0 Å². The average Bonchev–Trinajstić information content (AvgIpc) is 2.78. The van der Waals surface area contributed by atoms with Crippen molar-refractivity contribution >= 4 is 21.8 Å². The van der Waals surface area contributed by atoms with Crippen molar-refractivity contribution in [3.63, 3.8) is 0 Å². The summed E-state index contributed by atoms with van der Waals surface area (Å²) in [5.74, 6) is 2.71. The van der Waals surface area contributed by atoms with Crippen molar-refractivity contribution < 1.29 is 4.79 Å². The van der Waals surface area contributed by atoms with E-state index in [2.05, 4.69) is 28.2 Å². The molecule has 2 aliphatic rings. The minimum Gasteiger partial charge on any atom is -0.352 e. The van der Waals surface area contributed by atoms with E-state index < -0.39 is 0 Å². The molecule has 1 amide bonds. The van der Waals surface area contributed by atoms with Gasteiger partial charge in [-0.05, 0) is 50.9 Å². The van der Waals surface area contributed by atoms with Gasteiger partial charge in [-0.1, -0.05) is 22.4 Å². The largest absolute Gasteiger partial charge is 0.352 e. The maximum Gasteiger partial charge on any atom is 0.233 e. The van der Waals surface area contributed by atoms with Gasteiger partial charge in [0.2, 0.25) is 5.91 Å². The highest BCUT2D eigenvalue weighted by molar-refractivity contribution is 9.10. The molecule has 1 N–H and O–H groups in total. The van der Waals surface area contributed by atoms with Gasteiger partial charge >= 0.3 is 0 Å². The molecule has 5 atom stereocenters. The van der Waals surface area contributed by atoms with Gasteiger partial charge in [-0.25, -0.2) is 0 Å². The number of amides is 1. The Kier molecular flexibility index (Phi) is 3.39. The monoisotopic (exact) mass is 273 g/mol. The predicted molar refractivity (Wildman–Crippen MR) is 64.9 cm³/mol. The van der Waals surface area contributed by atoms with Crippen molar-refractivity contribution in [2.45, 2.75) is 50.4 Å². The molecule has 2 aliphatic carbocycles. The lowest BCUT2D eigenvalue weighted by Crippen LogP contribution is -2.42. The van der Waals surface area contributed by atoms with E-state index in [1.54, 1.807) is 0 Å². The quantitative estimate of drug-likeness (QED) is 0.788. The molecule has 0 aliphatic heterocycles. The van der Waals surface area contributed by atoms with Crippen LogP contribution in [0.15, 0.2) is 0 Å². The summed E-state index contributed by atoms with van der Waals surface area (Å²) in [6, 6.07) is 0.354. The van der Waals surface area contributed by atoms with Crippen LogP contribution in [-0.4, -0.2) is 16.8 Å². The van der Waals surface area contributed by atoms with Gasteiger partial charge in [0.05, 0.1) is 4.83 Å². The van der Waals surface area contributed by atoms with Crippen LogP contribution in [0.2, 0.25) is 0 Å². The van der Waals surface area contributed by atoms with Gasteiger partial charge in [0.1, 0.15) is 0 Å². The topological polar surface area (TPSA) is 29.1 Å². The summed E-state index contributed by atoms with van der Waals surface area (Å²) < 4.78 is 0. The maximum atomic E-state index is 11.6. The van der Waals surface area contributed by atoms with E-state index in [0.29, 0.717) is 6.04 Å². The highest BCUT2D eigenvalue weighted by atomic mass is 79.9. The van der Waals surface area contributed by atoms with Crippen LogP contribution in [-0.2, 0) is 4.79 Å². The maximum absolute atomic E-state index is 11.6. The van der Waals surface area contributed by atoms with Crippen molar-refractivity contribution in [3.05, 3.63) is 0 Å². The Hall–Kier alpha value is -0.0500. The highest BCUT2D eigenvalue weighted by Crippen LogP contribution is 2.49. The predicted octanol–water partition coefficient (Wildman–Crippen LogP) is 2.71. The second-order valence-corrected chi connectivity index (χ2v) is 6.63. The molecule has 3 heteroatoms. The van der Waals surface area contributed by atoms with E-state index in [-0.39, 0.29) is 10.7 Å². The first-order valence-corrected chi connectivity index (χ1v) is 6.94. The SMILES string of the molecule is CC(Br)C(=O)NC(C)C1CC2CCC1C2. The summed E-state index contributed by atoms with van der Waals surface area (Å²) in [5, 5.41) is 3.12. The molecule has 15 heavy (non-hydrogen) atoms. The normalized spacial score (nSPS) is 37.7. The molecule has 0 saturated heterocycles. The van der Waals surface area contributed by atoms with Crippen LogP contribution < -0.4 is 5.32 Å². The van der Waals surface area contributed by atoms with Crippen LogP contribution in [0.3, 0.4) is 0 Å². The van der Waals surface area contributed by atoms with Crippen molar-refractivity contribution in [2.24, 2.45) is 17.8 Å². The third-order valence-electron chi connectivity index (χ3n) is 4.17. The molecular formula is C12H20BrNO. The van der Waals surface area contributed by atoms with Gasteiger partial charge in [0, 0.05) is 6.04 Å². The Labute approximate surface area is 100 Å². The van der Waals surface area contributed by atoms with E-state index in [0.717, 1.165) is 17.8 Å². The zero-order chi connectivity index (χ0) is 11.0. The molecule has 0 aromatic carbocycles. The standard InChI is InChI=1S/C12H20BrNO/c1-7(13)12(15)14-8(2)11-6-9-3-4-10(11)5-9/h7-11H,3-6H2,1-2H3,(H,14,15). The Bertz CT molecular complexity index is 254. The fraction of sp³-hybridized carbons (Fsp3) is 0.917. The number of carbonyl (C=O) groups excluding carboxylic acids is 1. The van der Waals surface area contributed by atoms with Gasteiger partial charge in [-0.3, -0.25) is 4.79 Å². The molecule has 0 aromatic rings. The number of halogens is 1. The van der Waals surface area contributed by atoms with Crippen LogP contribution in [0.25, 0.3) is 0 Å². The smallest absolute Gasteiger partial charge is 0.233 e. The number of hydrogen-bond donors (Lipinski definition) is 1. The molecule has 2 bridgehead atoms. The average molecular weight is 274 g/mol. The lowest BCUT2D eigenvalue weighted by Gasteiger charge is -2.28. The number of nitrogens with one attached hydrogen (secondary N) is 1. The number of hydrogen-bond acceptors (Lipinski definition) is 1. The summed E-state index contributed by atoms with van der Waals surface area (Å²) in [5.41, 5.74) is 0. The Morgan fingerprint density at radius 1 is 1.33 bits per heavy atom. The van der Waals surface area contributed by atoms with Crippen LogP contribution in [0.5, 0.6) is 0 Å². The van der Waals surface area contributed by atoms with Crippen molar-refractivity contribution in [1.82, 2.24) is 5.32 Å². The molecule has 86 valence electrons. The molecule has 0 aromatic heterocycles. The number of rotatable bonds is 3. The van der Waals surface area contributed by atoms with Crippen LogP contribution in [0.1, 0.15) is 39.5 Å². The summed E-state index contributed by atoms with van der Waals surface area (Å²) in [6.45, 7) is 4.04. The van der Waals surface area contributed by atoms with Gasteiger partial charge in [0.15, 0.2) is 0 Å². The second-order valence-electron chi connectivity index (χ2n) is 5.25.